The lowest BCUT2D eigenvalue weighted by atomic mass is 10.1. The van der Waals surface area contributed by atoms with Gasteiger partial charge in [0.2, 0.25) is 5.89 Å². The van der Waals surface area contributed by atoms with Gasteiger partial charge in [-0.3, -0.25) is 0 Å². The van der Waals surface area contributed by atoms with Gasteiger partial charge in [-0.15, -0.1) is 5.10 Å². The number of aromatic nitrogens is 4. The van der Waals surface area contributed by atoms with Crippen molar-refractivity contribution in [3.63, 3.8) is 0 Å². The molecule has 0 atom stereocenters. The van der Waals surface area contributed by atoms with Crippen LogP contribution in [-0.2, 0) is 16.9 Å². The first kappa shape index (κ1) is 11.6. The van der Waals surface area contributed by atoms with Crippen LogP contribution in [0.5, 0.6) is 0 Å². The van der Waals surface area contributed by atoms with E-state index < -0.39 is 5.60 Å². The van der Waals surface area contributed by atoms with Gasteiger partial charge < -0.3 is 14.9 Å². The van der Waals surface area contributed by atoms with Crippen molar-refractivity contribution in [3.8, 4) is 0 Å². The van der Waals surface area contributed by atoms with Crippen molar-refractivity contribution in [2.24, 2.45) is 0 Å². The van der Waals surface area contributed by atoms with Crippen LogP contribution in [0.1, 0.15) is 25.4 Å². The lowest BCUT2D eigenvalue weighted by Crippen LogP contribution is -2.20. The Morgan fingerprint density at radius 2 is 2.29 bits per heavy atom. The number of oxazole rings is 1. The quantitative estimate of drug-likeness (QED) is 0.844. The second-order valence-electron chi connectivity index (χ2n) is 4.14. The number of hydrogen-bond acceptors (Lipinski definition) is 6. The summed E-state index contributed by atoms with van der Waals surface area (Å²) in [5, 5.41) is 7.90. The van der Waals surface area contributed by atoms with Gasteiger partial charge in [0.25, 0.3) is 0 Å². The van der Waals surface area contributed by atoms with Gasteiger partial charge in [-0.2, -0.15) is 9.90 Å². The highest BCUT2D eigenvalue weighted by molar-refractivity contribution is 5.19. The first-order valence-electron chi connectivity index (χ1n) is 5.17. The normalized spacial score (nSPS) is 11.9. The van der Waals surface area contributed by atoms with Crippen molar-refractivity contribution in [1.29, 1.82) is 0 Å². The maximum atomic E-state index is 5.46. The summed E-state index contributed by atoms with van der Waals surface area (Å²) in [7, 11) is 1.63. The number of ether oxygens (including phenoxy) is 1. The van der Waals surface area contributed by atoms with E-state index in [1.54, 1.807) is 13.4 Å². The van der Waals surface area contributed by atoms with Crippen molar-refractivity contribution in [1.82, 2.24) is 20.0 Å². The van der Waals surface area contributed by atoms with E-state index in [9.17, 15) is 0 Å². The molecule has 0 fully saturated rings. The minimum absolute atomic E-state index is 0.344. The second kappa shape index (κ2) is 4.17. The van der Waals surface area contributed by atoms with E-state index in [0.29, 0.717) is 18.3 Å². The fourth-order valence-electron chi connectivity index (χ4n) is 1.27. The molecule has 0 amide bonds. The molecular formula is C10H15N5O2. The molecule has 0 aliphatic heterocycles. The number of methoxy groups -OCH3 is 1. The van der Waals surface area contributed by atoms with Crippen LogP contribution in [0.25, 0.3) is 0 Å². The van der Waals surface area contributed by atoms with E-state index in [1.807, 2.05) is 13.8 Å². The molecule has 0 spiro atoms. The summed E-state index contributed by atoms with van der Waals surface area (Å²) in [4.78, 5) is 5.75. The minimum atomic E-state index is -0.474. The Morgan fingerprint density at radius 3 is 2.88 bits per heavy atom. The van der Waals surface area contributed by atoms with Gasteiger partial charge in [0.15, 0.2) is 5.82 Å². The minimum Gasteiger partial charge on any atom is -0.446 e. The molecule has 7 nitrogen and oxygen atoms in total. The zero-order valence-corrected chi connectivity index (χ0v) is 10.0. The number of nitrogen functional groups attached to an aromatic ring is 1. The fourth-order valence-corrected chi connectivity index (χ4v) is 1.27. The van der Waals surface area contributed by atoms with Gasteiger partial charge >= 0.3 is 0 Å². The highest BCUT2D eigenvalue weighted by Gasteiger charge is 2.24. The number of rotatable bonds is 4. The monoisotopic (exact) mass is 237 g/mol. The lowest BCUT2D eigenvalue weighted by Gasteiger charge is -2.19. The maximum Gasteiger partial charge on any atom is 0.217 e. The molecular weight excluding hydrogens is 222 g/mol. The number of hydrogen-bond donors (Lipinski definition) is 1. The summed E-state index contributed by atoms with van der Waals surface area (Å²) in [5.74, 6) is 0.884. The Hall–Kier alpha value is -1.89. The first-order chi connectivity index (χ1) is 8.01. The fraction of sp³-hybridized carbons (Fsp3) is 0.500. The Kier molecular flexibility index (Phi) is 2.84. The van der Waals surface area contributed by atoms with Gasteiger partial charge in [-0.05, 0) is 13.8 Å². The summed E-state index contributed by atoms with van der Waals surface area (Å²) >= 11 is 0. The Morgan fingerprint density at radius 1 is 1.53 bits per heavy atom. The summed E-state index contributed by atoms with van der Waals surface area (Å²) in [6, 6.07) is 0. The highest BCUT2D eigenvalue weighted by Crippen LogP contribution is 2.22. The molecule has 0 bridgehead atoms. The molecule has 17 heavy (non-hydrogen) atoms. The number of nitrogens with two attached hydrogens (primary N) is 1. The summed E-state index contributed by atoms with van der Waals surface area (Å²) in [6.45, 7) is 4.18. The third kappa shape index (κ3) is 2.44. The number of nitrogens with zero attached hydrogens (tertiary/aromatic N) is 4. The Labute approximate surface area is 98.6 Å². The summed E-state index contributed by atoms with van der Waals surface area (Å²) < 4.78 is 10.6. The zero-order chi connectivity index (χ0) is 12.5. The first-order valence-corrected chi connectivity index (χ1v) is 5.17. The van der Waals surface area contributed by atoms with Crippen LogP contribution < -0.4 is 5.73 Å². The molecule has 2 rings (SSSR count). The molecule has 0 radical (unpaired) electrons. The van der Waals surface area contributed by atoms with Crippen LogP contribution in [0.3, 0.4) is 0 Å². The van der Waals surface area contributed by atoms with Gasteiger partial charge in [-0.1, -0.05) is 0 Å². The van der Waals surface area contributed by atoms with Crippen LogP contribution in [-0.4, -0.2) is 27.1 Å². The van der Waals surface area contributed by atoms with Crippen molar-refractivity contribution in [2.75, 3.05) is 12.8 Å². The SMILES string of the molecule is COC(C)(C)c1coc(Cn2ncc(N)n2)n1. The highest BCUT2D eigenvalue weighted by atomic mass is 16.5. The molecule has 7 heteroatoms. The molecule has 2 N–H and O–H groups in total. The Balaban J connectivity index is 2.14. The van der Waals surface area contributed by atoms with E-state index in [0.717, 1.165) is 5.69 Å². The van der Waals surface area contributed by atoms with E-state index in [-0.39, 0.29) is 0 Å². The van der Waals surface area contributed by atoms with Gasteiger partial charge in [0.05, 0.1) is 6.20 Å². The van der Waals surface area contributed by atoms with E-state index >= 15 is 0 Å². The summed E-state index contributed by atoms with van der Waals surface area (Å²) in [5.41, 5.74) is 5.72. The third-order valence-corrected chi connectivity index (χ3v) is 2.51. The third-order valence-electron chi connectivity index (χ3n) is 2.51. The van der Waals surface area contributed by atoms with Crippen molar-refractivity contribution in [2.45, 2.75) is 26.0 Å². The smallest absolute Gasteiger partial charge is 0.217 e. The largest absolute Gasteiger partial charge is 0.446 e. The molecule has 0 aromatic carbocycles. The number of anilines is 1. The van der Waals surface area contributed by atoms with Crippen LogP contribution in [0.15, 0.2) is 16.9 Å². The average Bonchev–Trinajstić information content (AvgIpc) is 2.89. The molecule has 2 aromatic rings. The summed E-state index contributed by atoms with van der Waals surface area (Å²) in [6.07, 6.45) is 3.05. The maximum absolute atomic E-state index is 5.46. The van der Waals surface area contributed by atoms with Crippen molar-refractivity contribution in [3.05, 3.63) is 24.0 Å². The average molecular weight is 237 g/mol. The molecule has 0 aliphatic carbocycles. The lowest BCUT2D eigenvalue weighted by molar-refractivity contribution is 0.0154. The molecule has 92 valence electrons. The van der Waals surface area contributed by atoms with Gasteiger partial charge in [0, 0.05) is 7.11 Å². The van der Waals surface area contributed by atoms with E-state index in [2.05, 4.69) is 15.2 Å². The van der Waals surface area contributed by atoms with Crippen LogP contribution in [0.2, 0.25) is 0 Å². The Bertz CT molecular complexity index is 502. The molecule has 0 unspecified atom stereocenters. The standard InChI is InChI=1S/C10H15N5O2/c1-10(2,16-3)7-6-17-9(13-7)5-15-12-4-8(11)14-15/h4,6H,5H2,1-3H3,(H2,11,14). The molecule has 2 heterocycles. The second-order valence-corrected chi connectivity index (χ2v) is 4.14. The van der Waals surface area contributed by atoms with Crippen molar-refractivity contribution < 1.29 is 9.15 Å². The van der Waals surface area contributed by atoms with Gasteiger partial charge in [-0.25, -0.2) is 4.98 Å². The van der Waals surface area contributed by atoms with Crippen LogP contribution in [0.4, 0.5) is 5.82 Å². The van der Waals surface area contributed by atoms with Crippen molar-refractivity contribution >= 4 is 5.82 Å². The molecule has 0 saturated heterocycles. The van der Waals surface area contributed by atoms with Crippen LogP contribution in [0, 0.1) is 0 Å². The predicted octanol–water partition coefficient (Wildman–Crippen LogP) is 0.778. The van der Waals surface area contributed by atoms with Gasteiger partial charge in [0.1, 0.15) is 24.1 Å². The molecule has 2 aromatic heterocycles. The van der Waals surface area contributed by atoms with E-state index in [4.69, 9.17) is 14.9 Å². The zero-order valence-electron chi connectivity index (χ0n) is 10.0. The van der Waals surface area contributed by atoms with Crippen LogP contribution >= 0.6 is 0 Å². The molecule has 0 aliphatic rings. The predicted molar refractivity (Wildman–Crippen MR) is 60.1 cm³/mol. The molecule has 0 saturated carbocycles. The topological polar surface area (TPSA) is 92.0 Å². The van der Waals surface area contributed by atoms with E-state index in [1.165, 1.54) is 11.0 Å².